The maximum atomic E-state index is 12.5. The average molecular weight is 665 g/mol. The lowest BCUT2D eigenvalue weighted by molar-refractivity contribution is -0.232. The van der Waals surface area contributed by atoms with Crippen LogP contribution in [-0.4, -0.2) is 109 Å². The van der Waals surface area contributed by atoms with Crippen molar-refractivity contribution < 1.29 is 85.8 Å². The molecule has 0 aromatic carbocycles. The van der Waals surface area contributed by atoms with Crippen molar-refractivity contribution in [2.75, 3.05) is 6.61 Å². The number of carbonyl (C=O) groups excluding carboxylic acids is 9. The average Bonchev–Trinajstić information content (AvgIpc) is 2.86. The van der Waals surface area contributed by atoms with E-state index in [0.29, 0.717) is 0 Å². The zero-order chi connectivity index (χ0) is 35.9. The van der Waals surface area contributed by atoms with E-state index in [1.54, 1.807) is 0 Å². The molecule has 0 aromatic rings. The van der Waals surface area contributed by atoms with Gasteiger partial charge in [0.2, 0.25) is 0 Å². The van der Waals surface area contributed by atoms with Crippen LogP contribution in [0.4, 0.5) is 0 Å². The van der Waals surface area contributed by atoms with E-state index in [2.05, 4.69) is 0 Å². The summed E-state index contributed by atoms with van der Waals surface area (Å²) in [6, 6.07) is 0. The Hall–Kier alpha value is -4.77. The molecule has 260 valence electrons. The van der Waals surface area contributed by atoms with Crippen molar-refractivity contribution >= 4 is 53.7 Å². The first-order valence-corrected chi connectivity index (χ1v) is 13.7. The van der Waals surface area contributed by atoms with Crippen LogP contribution in [0.3, 0.4) is 0 Å². The molecule has 46 heavy (non-hydrogen) atoms. The Morgan fingerprint density at radius 2 is 0.609 bits per heavy atom. The molecule has 0 rings (SSSR count). The summed E-state index contributed by atoms with van der Waals surface area (Å²) in [6.45, 7) is 8.89. The maximum absolute atomic E-state index is 12.5. The Morgan fingerprint density at radius 3 is 0.913 bits per heavy atom. The van der Waals surface area contributed by atoms with Crippen molar-refractivity contribution in [1.82, 2.24) is 0 Å². The maximum Gasteiger partial charge on any atom is 0.303 e. The van der Waals surface area contributed by atoms with Crippen LogP contribution in [0.15, 0.2) is 0 Å². The Balaban J connectivity index is 7.82. The normalized spacial score (nSPS) is 15.8. The Labute approximate surface area is 264 Å². The topological polar surface area (TPSA) is 237 Å². The molecule has 0 aromatic heterocycles. The van der Waals surface area contributed by atoms with Gasteiger partial charge in [0.25, 0.3) is 0 Å². The van der Waals surface area contributed by atoms with Gasteiger partial charge in [-0.15, -0.1) is 0 Å². The second-order valence-electron chi connectivity index (χ2n) is 9.71. The van der Waals surface area contributed by atoms with E-state index < -0.39 is 109 Å². The van der Waals surface area contributed by atoms with E-state index in [4.69, 9.17) is 42.6 Å². The minimum Gasteiger partial charge on any atom is -0.462 e. The second kappa shape index (κ2) is 19.6. The molecule has 0 spiro atoms. The Morgan fingerprint density at radius 1 is 0.348 bits per heavy atom. The highest BCUT2D eigenvalue weighted by Gasteiger charge is 2.54. The lowest BCUT2D eigenvalue weighted by Crippen LogP contribution is -2.62. The van der Waals surface area contributed by atoms with E-state index in [0.717, 1.165) is 62.3 Å². The smallest absolute Gasteiger partial charge is 0.303 e. The van der Waals surface area contributed by atoms with Crippen LogP contribution in [0.2, 0.25) is 0 Å². The van der Waals surface area contributed by atoms with Crippen LogP contribution in [0.5, 0.6) is 0 Å². The number of carbonyl (C=O) groups is 9. The summed E-state index contributed by atoms with van der Waals surface area (Å²) < 4.78 is 47.5. The van der Waals surface area contributed by atoms with Crippen LogP contribution in [-0.2, 0) is 85.8 Å². The molecular formula is C28H40O18. The number of hydrogen-bond donors (Lipinski definition) is 0. The predicted octanol–water partition coefficient (Wildman–Crippen LogP) is 0.0230. The summed E-state index contributed by atoms with van der Waals surface area (Å²) in [4.78, 5) is 110. The fraction of sp³-hybridized carbons (Fsp3) is 0.679. The van der Waals surface area contributed by atoms with E-state index in [1.807, 2.05) is 0 Å². The first-order chi connectivity index (χ1) is 21.2. The lowest BCUT2D eigenvalue weighted by atomic mass is 9.91. The SMILES string of the molecule is CC(=O)OC[C@H](OC(C)=O)[C@@H](OC(C)=O)[C@@H](OC(C)=O)[C@H](OC(C)=O)[C@H](OC(C)=O)[C@@H](OC(C)=O)[C@@H](OC(C)=O)[C@@H](C)OC(C)=O. The van der Waals surface area contributed by atoms with Gasteiger partial charge in [-0.1, -0.05) is 0 Å². The molecule has 0 radical (unpaired) electrons. The minimum absolute atomic E-state index is 0.789. The van der Waals surface area contributed by atoms with Gasteiger partial charge in [-0.05, 0) is 6.92 Å². The van der Waals surface area contributed by atoms with Crippen LogP contribution in [0.25, 0.3) is 0 Å². The molecule has 0 amide bonds. The van der Waals surface area contributed by atoms with Crippen LogP contribution in [0.1, 0.15) is 69.2 Å². The van der Waals surface area contributed by atoms with Gasteiger partial charge in [0, 0.05) is 62.3 Å². The van der Waals surface area contributed by atoms with Crippen molar-refractivity contribution in [3.8, 4) is 0 Å². The number of ether oxygens (including phenoxy) is 9. The molecule has 0 unspecified atom stereocenters. The van der Waals surface area contributed by atoms with Crippen molar-refractivity contribution in [3.05, 3.63) is 0 Å². The van der Waals surface area contributed by atoms with E-state index in [9.17, 15) is 43.2 Å². The number of esters is 9. The van der Waals surface area contributed by atoms with E-state index >= 15 is 0 Å². The summed E-state index contributed by atoms with van der Waals surface area (Å²) in [7, 11) is 0. The summed E-state index contributed by atoms with van der Waals surface area (Å²) in [5.74, 6) is -9.17. The molecule has 0 saturated heterocycles. The lowest BCUT2D eigenvalue weighted by Gasteiger charge is -2.41. The zero-order valence-corrected chi connectivity index (χ0v) is 27.2. The molecule has 0 bridgehead atoms. The highest BCUT2D eigenvalue weighted by Crippen LogP contribution is 2.29. The molecule has 0 N–H and O–H groups in total. The Bertz CT molecular complexity index is 1150. The van der Waals surface area contributed by atoms with Crippen molar-refractivity contribution in [2.24, 2.45) is 0 Å². The van der Waals surface area contributed by atoms with Gasteiger partial charge in [0.1, 0.15) is 12.7 Å². The molecule has 0 aliphatic rings. The van der Waals surface area contributed by atoms with E-state index in [-0.39, 0.29) is 0 Å². The van der Waals surface area contributed by atoms with Crippen LogP contribution < -0.4 is 0 Å². The van der Waals surface area contributed by atoms with Crippen molar-refractivity contribution in [3.63, 3.8) is 0 Å². The molecule has 8 atom stereocenters. The molecule has 18 heteroatoms. The Kier molecular flexibility index (Phi) is 17.6. The molecule has 0 heterocycles. The number of hydrogen-bond acceptors (Lipinski definition) is 18. The molecular weight excluding hydrogens is 624 g/mol. The van der Waals surface area contributed by atoms with Gasteiger partial charge in [0.05, 0.1) is 0 Å². The fourth-order valence-electron chi connectivity index (χ4n) is 4.16. The third kappa shape index (κ3) is 15.8. The zero-order valence-electron chi connectivity index (χ0n) is 27.2. The van der Waals surface area contributed by atoms with Gasteiger partial charge >= 0.3 is 53.7 Å². The minimum atomic E-state index is -2.13. The molecule has 18 nitrogen and oxygen atoms in total. The monoisotopic (exact) mass is 664 g/mol. The second-order valence-corrected chi connectivity index (χ2v) is 9.71. The summed E-state index contributed by atoms with van der Waals surface area (Å²) in [5, 5.41) is 0. The highest BCUT2D eigenvalue weighted by atomic mass is 16.7. The first kappa shape index (κ1) is 41.2. The van der Waals surface area contributed by atoms with Gasteiger partial charge in [-0.3, -0.25) is 43.2 Å². The molecule has 0 fully saturated rings. The van der Waals surface area contributed by atoms with Gasteiger partial charge < -0.3 is 42.6 Å². The summed E-state index contributed by atoms with van der Waals surface area (Å²) >= 11 is 0. The summed E-state index contributed by atoms with van der Waals surface area (Å²) in [6.07, 6.45) is -15.2. The number of rotatable bonds is 17. The summed E-state index contributed by atoms with van der Waals surface area (Å²) in [5.41, 5.74) is 0. The van der Waals surface area contributed by atoms with Crippen LogP contribution in [0, 0.1) is 0 Å². The largest absolute Gasteiger partial charge is 0.462 e. The van der Waals surface area contributed by atoms with Gasteiger partial charge in [0.15, 0.2) is 42.7 Å². The molecule has 0 aliphatic carbocycles. The van der Waals surface area contributed by atoms with Crippen molar-refractivity contribution in [2.45, 2.75) is 118 Å². The van der Waals surface area contributed by atoms with Gasteiger partial charge in [-0.25, -0.2) is 0 Å². The van der Waals surface area contributed by atoms with Crippen molar-refractivity contribution in [1.29, 1.82) is 0 Å². The van der Waals surface area contributed by atoms with Crippen LogP contribution >= 0.6 is 0 Å². The van der Waals surface area contributed by atoms with Gasteiger partial charge in [-0.2, -0.15) is 0 Å². The third-order valence-corrected chi connectivity index (χ3v) is 5.38. The molecule has 0 aliphatic heterocycles. The predicted molar refractivity (Wildman–Crippen MR) is 147 cm³/mol. The molecule has 0 saturated carbocycles. The highest BCUT2D eigenvalue weighted by molar-refractivity contribution is 5.71. The van der Waals surface area contributed by atoms with E-state index in [1.165, 1.54) is 6.92 Å². The third-order valence-electron chi connectivity index (χ3n) is 5.38. The standard InChI is InChI=1S/C28H40O18/c1-12(39-14(3)30)23(41-16(5)32)25(43-18(7)34)27(45-20(9)36)28(46-21(10)37)26(44-19(8)35)24(42-17(6)33)22(40-15(4)31)11-38-13(2)29/h12,22-28H,11H2,1-10H3/t12-,22+,23+,24-,25+,26-,27-,28+/m1/s1. The fourth-order valence-corrected chi connectivity index (χ4v) is 4.16. The quantitative estimate of drug-likeness (QED) is 0.147. The first-order valence-electron chi connectivity index (χ1n) is 13.7.